The molecule has 4 nitrogen and oxygen atoms in total. The van der Waals surface area contributed by atoms with Crippen molar-refractivity contribution < 1.29 is 0 Å². The smallest absolute Gasteiger partial charge is 0.137 e. The van der Waals surface area contributed by atoms with Gasteiger partial charge in [-0.2, -0.15) is 0 Å². The number of nitrogens with zero attached hydrogens (tertiary/aromatic N) is 2. The summed E-state index contributed by atoms with van der Waals surface area (Å²) in [4.78, 5) is 7.16. The van der Waals surface area contributed by atoms with Crippen molar-refractivity contribution in [2.45, 2.75) is 18.9 Å². The molecular weight excluding hydrogens is 416 g/mol. The van der Waals surface area contributed by atoms with Crippen LogP contribution in [0.15, 0.2) is 115 Å². The molecule has 0 bridgehead atoms. The first-order valence-electron chi connectivity index (χ1n) is 11.7. The molecule has 3 aromatic carbocycles. The number of allylic oxidation sites excluding steroid dienone is 4. The second-order valence-electron chi connectivity index (χ2n) is 8.64. The Balaban J connectivity index is 1.55. The van der Waals surface area contributed by atoms with E-state index in [1.807, 2.05) is 30.5 Å². The molecule has 2 heterocycles. The predicted octanol–water partition coefficient (Wildman–Crippen LogP) is 7.03. The molecule has 1 aliphatic carbocycles. The van der Waals surface area contributed by atoms with Crippen LogP contribution < -0.4 is 16.0 Å². The highest BCUT2D eigenvalue weighted by Gasteiger charge is 2.38. The standard InChI is InChI=1S/C30H26N4/c31-20-23-15-16-26-25-13-7-8-14-27(25)34(30(26)29(23)33-24-11-5-2-6-12-24)28-19-22(17-18-32-28)21-9-3-1-4-10-21/h1-12,14-19,25,33H,13,20,31H2. The SMILES string of the molecule is NCc1ccc2c(c1Nc1ccccc1)N(c1cc(-c3ccccc3)ccn1)C1=CC=CCC12. The molecule has 34 heavy (non-hydrogen) atoms. The lowest BCUT2D eigenvalue weighted by molar-refractivity contribution is 0.817. The van der Waals surface area contributed by atoms with E-state index in [4.69, 9.17) is 10.7 Å². The normalized spacial score (nSPS) is 16.1. The molecule has 4 heteroatoms. The number of para-hydroxylation sites is 1. The average Bonchev–Trinajstić information content (AvgIpc) is 3.25. The van der Waals surface area contributed by atoms with Crippen molar-refractivity contribution >= 4 is 22.9 Å². The number of anilines is 4. The van der Waals surface area contributed by atoms with Gasteiger partial charge in [0, 0.05) is 30.0 Å². The van der Waals surface area contributed by atoms with Gasteiger partial charge in [-0.25, -0.2) is 4.98 Å². The molecule has 0 saturated heterocycles. The molecule has 0 spiro atoms. The van der Waals surface area contributed by atoms with Crippen molar-refractivity contribution in [1.82, 2.24) is 4.98 Å². The number of aromatic nitrogens is 1. The minimum Gasteiger partial charge on any atom is -0.354 e. The monoisotopic (exact) mass is 442 g/mol. The zero-order valence-corrected chi connectivity index (χ0v) is 18.9. The van der Waals surface area contributed by atoms with Gasteiger partial charge >= 0.3 is 0 Å². The number of fused-ring (bicyclic) bond motifs is 3. The number of pyridine rings is 1. The Kier molecular flexibility index (Phi) is 5.21. The summed E-state index contributed by atoms with van der Waals surface area (Å²) in [6.07, 6.45) is 9.50. The van der Waals surface area contributed by atoms with Crippen molar-refractivity contribution in [3.63, 3.8) is 0 Å². The average molecular weight is 443 g/mol. The van der Waals surface area contributed by atoms with Gasteiger partial charge in [-0.05, 0) is 59.0 Å². The molecule has 166 valence electrons. The summed E-state index contributed by atoms with van der Waals surface area (Å²) in [5.74, 6) is 1.21. The molecule has 3 N–H and O–H groups in total. The largest absolute Gasteiger partial charge is 0.354 e. The van der Waals surface area contributed by atoms with E-state index in [9.17, 15) is 0 Å². The lowest BCUT2D eigenvalue weighted by atomic mass is 9.91. The molecule has 0 fully saturated rings. The molecule has 2 aliphatic rings. The lowest BCUT2D eigenvalue weighted by Gasteiger charge is -2.26. The minimum atomic E-state index is 0.297. The highest BCUT2D eigenvalue weighted by atomic mass is 15.2. The Morgan fingerprint density at radius 1 is 0.912 bits per heavy atom. The van der Waals surface area contributed by atoms with Gasteiger partial charge in [-0.15, -0.1) is 0 Å². The van der Waals surface area contributed by atoms with Gasteiger partial charge in [0.15, 0.2) is 0 Å². The van der Waals surface area contributed by atoms with Crippen LogP contribution >= 0.6 is 0 Å². The van der Waals surface area contributed by atoms with E-state index in [2.05, 4.69) is 89.1 Å². The first kappa shape index (κ1) is 20.5. The number of nitrogens with two attached hydrogens (primary N) is 1. The Labute approximate surface area is 200 Å². The van der Waals surface area contributed by atoms with Crippen LogP contribution in [0.4, 0.5) is 22.9 Å². The maximum atomic E-state index is 6.23. The van der Waals surface area contributed by atoms with Gasteiger partial charge in [0.2, 0.25) is 0 Å². The molecule has 1 atom stereocenters. The minimum absolute atomic E-state index is 0.297. The zero-order valence-electron chi connectivity index (χ0n) is 18.9. The molecule has 0 radical (unpaired) electrons. The van der Waals surface area contributed by atoms with Crippen LogP contribution in [0.25, 0.3) is 11.1 Å². The summed E-state index contributed by atoms with van der Waals surface area (Å²) in [7, 11) is 0. The Hall–Kier alpha value is -4.15. The number of hydrogen-bond donors (Lipinski definition) is 2. The van der Waals surface area contributed by atoms with Crippen molar-refractivity contribution in [3.8, 4) is 11.1 Å². The fourth-order valence-corrected chi connectivity index (χ4v) is 5.01. The van der Waals surface area contributed by atoms with E-state index in [1.54, 1.807) is 0 Å². The quantitative estimate of drug-likeness (QED) is 0.348. The van der Waals surface area contributed by atoms with Crippen molar-refractivity contribution in [1.29, 1.82) is 0 Å². The number of rotatable bonds is 5. The van der Waals surface area contributed by atoms with Crippen LogP contribution in [-0.4, -0.2) is 4.98 Å². The maximum Gasteiger partial charge on any atom is 0.137 e. The number of nitrogens with one attached hydrogen (secondary N) is 1. The first-order chi connectivity index (χ1) is 16.8. The zero-order chi connectivity index (χ0) is 22.9. The summed E-state index contributed by atoms with van der Waals surface area (Å²) in [6.45, 7) is 0.454. The Morgan fingerprint density at radius 3 is 2.50 bits per heavy atom. The molecule has 1 aliphatic heterocycles. The summed E-state index contributed by atoms with van der Waals surface area (Å²) in [5.41, 5.74) is 15.4. The van der Waals surface area contributed by atoms with Crippen molar-refractivity contribution in [3.05, 3.63) is 126 Å². The molecular formula is C30H26N4. The fourth-order valence-electron chi connectivity index (χ4n) is 5.01. The number of hydrogen-bond acceptors (Lipinski definition) is 4. The van der Waals surface area contributed by atoms with E-state index in [0.29, 0.717) is 12.5 Å². The Morgan fingerprint density at radius 2 is 1.71 bits per heavy atom. The molecule has 1 unspecified atom stereocenters. The Bertz CT molecular complexity index is 1390. The van der Waals surface area contributed by atoms with Crippen LogP contribution in [0.2, 0.25) is 0 Å². The van der Waals surface area contributed by atoms with Crippen LogP contribution in [0.1, 0.15) is 23.5 Å². The third-order valence-corrected chi connectivity index (χ3v) is 6.63. The highest BCUT2D eigenvalue weighted by molar-refractivity contribution is 5.91. The number of benzene rings is 3. The van der Waals surface area contributed by atoms with Crippen LogP contribution in [-0.2, 0) is 6.54 Å². The van der Waals surface area contributed by atoms with Gasteiger partial charge in [0.05, 0.1) is 11.4 Å². The summed E-state index contributed by atoms with van der Waals surface area (Å²) < 4.78 is 0. The highest BCUT2D eigenvalue weighted by Crippen LogP contribution is 2.54. The van der Waals surface area contributed by atoms with Gasteiger partial charge in [-0.1, -0.05) is 72.8 Å². The summed E-state index contributed by atoms with van der Waals surface area (Å²) in [5, 5.41) is 3.68. The molecule has 0 saturated carbocycles. The summed E-state index contributed by atoms with van der Waals surface area (Å²) in [6, 6.07) is 29.4. The van der Waals surface area contributed by atoms with Gasteiger partial charge in [0.25, 0.3) is 0 Å². The van der Waals surface area contributed by atoms with Gasteiger partial charge < -0.3 is 11.1 Å². The van der Waals surface area contributed by atoms with Crippen molar-refractivity contribution in [2.75, 3.05) is 10.2 Å². The van der Waals surface area contributed by atoms with E-state index >= 15 is 0 Å². The van der Waals surface area contributed by atoms with Gasteiger partial charge in [-0.3, -0.25) is 4.90 Å². The fraction of sp³-hybridized carbons (Fsp3) is 0.100. The molecule has 0 amide bonds. The van der Waals surface area contributed by atoms with E-state index in [1.165, 1.54) is 16.8 Å². The second-order valence-corrected chi connectivity index (χ2v) is 8.64. The second kappa shape index (κ2) is 8.65. The van der Waals surface area contributed by atoms with Crippen molar-refractivity contribution in [2.24, 2.45) is 5.73 Å². The van der Waals surface area contributed by atoms with Crippen LogP contribution in [0, 0.1) is 0 Å². The third-order valence-electron chi connectivity index (χ3n) is 6.63. The third kappa shape index (κ3) is 3.49. The van der Waals surface area contributed by atoms with Crippen LogP contribution in [0.5, 0.6) is 0 Å². The molecule has 6 rings (SSSR count). The van der Waals surface area contributed by atoms with E-state index < -0.39 is 0 Å². The summed E-state index contributed by atoms with van der Waals surface area (Å²) >= 11 is 0. The molecule has 1 aromatic heterocycles. The molecule has 4 aromatic rings. The predicted molar refractivity (Wildman–Crippen MR) is 140 cm³/mol. The first-order valence-corrected chi connectivity index (χ1v) is 11.7. The topological polar surface area (TPSA) is 54.2 Å². The maximum absolute atomic E-state index is 6.23. The van der Waals surface area contributed by atoms with E-state index in [-0.39, 0.29) is 0 Å². The lowest BCUT2D eigenvalue weighted by Crippen LogP contribution is -2.17. The van der Waals surface area contributed by atoms with Gasteiger partial charge in [0.1, 0.15) is 5.82 Å². The van der Waals surface area contributed by atoms with E-state index in [0.717, 1.165) is 40.4 Å². The van der Waals surface area contributed by atoms with Crippen LogP contribution in [0.3, 0.4) is 0 Å².